The molecule has 4 heteroatoms. The van der Waals surface area contributed by atoms with Gasteiger partial charge < -0.3 is 5.11 Å². The van der Waals surface area contributed by atoms with Crippen molar-refractivity contribution in [1.29, 1.82) is 0 Å². The molecule has 2 N–H and O–H groups in total. The average molecular weight is 222 g/mol. The van der Waals surface area contributed by atoms with E-state index in [1.165, 1.54) is 0 Å². The fourth-order valence-corrected chi connectivity index (χ4v) is 1.71. The van der Waals surface area contributed by atoms with Crippen LogP contribution in [0.15, 0.2) is 12.7 Å². The van der Waals surface area contributed by atoms with Crippen molar-refractivity contribution in [3.8, 4) is 0 Å². The van der Waals surface area contributed by atoms with Crippen molar-refractivity contribution in [1.82, 2.24) is 10.2 Å². The van der Waals surface area contributed by atoms with Gasteiger partial charge in [-0.15, -0.1) is 6.58 Å². The lowest BCUT2D eigenvalue weighted by Gasteiger charge is -2.01. The molecule has 0 aliphatic carbocycles. The highest BCUT2D eigenvalue weighted by atomic mass is 16.4. The molecule has 1 aromatic rings. The number of aromatic nitrogens is 2. The number of carboxylic acid groups (broad SMARTS) is 1. The Kier molecular flexibility index (Phi) is 4.76. The number of aromatic amines is 1. The van der Waals surface area contributed by atoms with Crippen molar-refractivity contribution < 1.29 is 9.90 Å². The zero-order chi connectivity index (χ0) is 12.0. The van der Waals surface area contributed by atoms with E-state index in [1.54, 1.807) is 6.08 Å². The highest BCUT2D eigenvalue weighted by Crippen LogP contribution is 2.16. The SMILES string of the molecule is C=CCc1[nH]nc(C(=O)O)c1CCCCC. The third kappa shape index (κ3) is 2.95. The number of hydrogen-bond donors (Lipinski definition) is 2. The summed E-state index contributed by atoms with van der Waals surface area (Å²) in [5, 5.41) is 15.6. The predicted molar refractivity (Wildman–Crippen MR) is 62.7 cm³/mol. The Labute approximate surface area is 95.4 Å². The average Bonchev–Trinajstić information content (AvgIpc) is 2.63. The van der Waals surface area contributed by atoms with E-state index in [0.717, 1.165) is 36.9 Å². The number of nitrogens with zero attached hydrogens (tertiary/aromatic N) is 1. The molecule has 0 bridgehead atoms. The van der Waals surface area contributed by atoms with Crippen molar-refractivity contribution in [2.75, 3.05) is 0 Å². The number of rotatable bonds is 7. The Bertz CT molecular complexity index is 369. The van der Waals surface area contributed by atoms with Gasteiger partial charge in [0, 0.05) is 17.7 Å². The van der Waals surface area contributed by atoms with Crippen LogP contribution in [0.5, 0.6) is 0 Å². The van der Waals surface area contributed by atoms with Crippen LogP contribution in [-0.2, 0) is 12.8 Å². The molecule has 1 rings (SSSR count). The Balaban J connectivity index is 2.85. The molecular formula is C12H18N2O2. The molecule has 0 aliphatic heterocycles. The minimum absolute atomic E-state index is 0.160. The number of aromatic carboxylic acids is 1. The third-order valence-electron chi connectivity index (χ3n) is 2.53. The monoisotopic (exact) mass is 222 g/mol. The predicted octanol–water partition coefficient (Wildman–Crippen LogP) is 2.57. The first kappa shape index (κ1) is 12.5. The minimum Gasteiger partial charge on any atom is -0.476 e. The van der Waals surface area contributed by atoms with E-state index in [0.29, 0.717) is 6.42 Å². The summed E-state index contributed by atoms with van der Waals surface area (Å²) in [5.41, 5.74) is 1.87. The van der Waals surface area contributed by atoms with E-state index in [-0.39, 0.29) is 5.69 Å². The van der Waals surface area contributed by atoms with Crippen LogP contribution < -0.4 is 0 Å². The van der Waals surface area contributed by atoms with E-state index in [9.17, 15) is 4.79 Å². The first-order valence-corrected chi connectivity index (χ1v) is 5.61. The second kappa shape index (κ2) is 6.10. The number of H-pyrrole nitrogens is 1. The van der Waals surface area contributed by atoms with Gasteiger partial charge in [0.2, 0.25) is 0 Å². The number of carboxylic acids is 1. The van der Waals surface area contributed by atoms with Crippen molar-refractivity contribution in [2.45, 2.75) is 39.0 Å². The zero-order valence-electron chi connectivity index (χ0n) is 9.62. The van der Waals surface area contributed by atoms with Gasteiger partial charge in [0.1, 0.15) is 0 Å². The van der Waals surface area contributed by atoms with Crippen LogP contribution in [-0.4, -0.2) is 21.3 Å². The summed E-state index contributed by atoms with van der Waals surface area (Å²) in [6, 6.07) is 0. The van der Waals surface area contributed by atoms with Crippen LogP contribution in [0.3, 0.4) is 0 Å². The minimum atomic E-state index is -0.960. The van der Waals surface area contributed by atoms with E-state index in [4.69, 9.17) is 5.11 Å². The molecule has 1 heterocycles. The summed E-state index contributed by atoms with van der Waals surface area (Å²) in [6.07, 6.45) is 6.40. The highest BCUT2D eigenvalue weighted by Gasteiger charge is 2.17. The first-order chi connectivity index (χ1) is 7.70. The molecule has 0 atom stereocenters. The van der Waals surface area contributed by atoms with Gasteiger partial charge in [-0.3, -0.25) is 5.10 Å². The molecule has 88 valence electrons. The molecule has 0 saturated heterocycles. The van der Waals surface area contributed by atoms with Gasteiger partial charge >= 0.3 is 5.97 Å². The van der Waals surface area contributed by atoms with Crippen molar-refractivity contribution >= 4 is 5.97 Å². The smallest absolute Gasteiger partial charge is 0.356 e. The van der Waals surface area contributed by atoms with E-state index in [1.807, 2.05) is 0 Å². The summed E-state index contributed by atoms with van der Waals surface area (Å²) in [4.78, 5) is 11.0. The van der Waals surface area contributed by atoms with Crippen molar-refractivity contribution in [2.24, 2.45) is 0 Å². The Morgan fingerprint density at radius 1 is 1.56 bits per heavy atom. The molecule has 0 aliphatic rings. The number of nitrogens with one attached hydrogen (secondary N) is 1. The summed E-state index contributed by atoms with van der Waals surface area (Å²) in [7, 11) is 0. The maximum atomic E-state index is 11.0. The fraction of sp³-hybridized carbons (Fsp3) is 0.500. The number of hydrogen-bond acceptors (Lipinski definition) is 2. The van der Waals surface area contributed by atoms with Gasteiger partial charge in [0.15, 0.2) is 5.69 Å². The lowest BCUT2D eigenvalue weighted by molar-refractivity contribution is 0.0689. The van der Waals surface area contributed by atoms with Gasteiger partial charge in [-0.25, -0.2) is 4.79 Å². The van der Waals surface area contributed by atoms with Crippen LogP contribution in [0, 0.1) is 0 Å². The van der Waals surface area contributed by atoms with Crippen LogP contribution in [0.1, 0.15) is 47.9 Å². The van der Waals surface area contributed by atoms with Gasteiger partial charge in [-0.05, 0) is 12.8 Å². The van der Waals surface area contributed by atoms with Crippen LogP contribution in [0.25, 0.3) is 0 Å². The molecule has 0 radical (unpaired) electrons. The topological polar surface area (TPSA) is 66.0 Å². The van der Waals surface area contributed by atoms with Gasteiger partial charge in [-0.2, -0.15) is 5.10 Å². The highest BCUT2D eigenvalue weighted by molar-refractivity contribution is 5.87. The second-order valence-corrected chi connectivity index (χ2v) is 3.78. The number of unbranched alkanes of at least 4 members (excludes halogenated alkanes) is 2. The van der Waals surface area contributed by atoms with Gasteiger partial charge in [-0.1, -0.05) is 25.8 Å². The van der Waals surface area contributed by atoms with Crippen LogP contribution >= 0.6 is 0 Å². The molecule has 0 aromatic carbocycles. The summed E-state index contributed by atoms with van der Waals surface area (Å²) >= 11 is 0. The second-order valence-electron chi connectivity index (χ2n) is 3.78. The summed E-state index contributed by atoms with van der Waals surface area (Å²) < 4.78 is 0. The molecule has 4 nitrogen and oxygen atoms in total. The van der Waals surface area contributed by atoms with Crippen LogP contribution in [0.2, 0.25) is 0 Å². The quantitative estimate of drug-likeness (QED) is 0.550. The first-order valence-electron chi connectivity index (χ1n) is 5.61. The fourth-order valence-electron chi connectivity index (χ4n) is 1.71. The molecule has 0 amide bonds. The normalized spacial score (nSPS) is 10.3. The largest absolute Gasteiger partial charge is 0.476 e. The van der Waals surface area contributed by atoms with E-state index < -0.39 is 5.97 Å². The Hall–Kier alpha value is -1.58. The summed E-state index contributed by atoms with van der Waals surface area (Å²) in [6.45, 7) is 5.78. The van der Waals surface area contributed by atoms with Crippen LogP contribution in [0.4, 0.5) is 0 Å². The molecule has 1 aromatic heterocycles. The maximum absolute atomic E-state index is 11.0. The van der Waals surface area contributed by atoms with E-state index >= 15 is 0 Å². The third-order valence-corrected chi connectivity index (χ3v) is 2.53. The van der Waals surface area contributed by atoms with Crippen molar-refractivity contribution in [3.05, 3.63) is 29.6 Å². The van der Waals surface area contributed by atoms with E-state index in [2.05, 4.69) is 23.7 Å². The molecule has 0 unspecified atom stereocenters. The maximum Gasteiger partial charge on any atom is 0.356 e. The number of carbonyl (C=O) groups is 1. The Morgan fingerprint density at radius 3 is 2.88 bits per heavy atom. The summed E-state index contributed by atoms with van der Waals surface area (Å²) in [5.74, 6) is -0.960. The molecule has 0 fully saturated rings. The van der Waals surface area contributed by atoms with Gasteiger partial charge in [0.25, 0.3) is 0 Å². The van der Waals surface area contributed by atoms with Gasteiger partial charge in [0.05, 0.1) is 0 Å². The lowest BCUT2D eigenvalue weighted by Crippen LogP contribution is -2.02. The molecule has 0 saturated carbocycles. The lowest BCUT2D eigenvalue weighted by atomic mass is 10.0. The molecule has 16 heavy (non-hydrogen) atoms. The molecular weight excluding hydrogens is 204 g/mol. The Morgan fingerprint density at radius 2 is 2.31 bits per heavy atom. The van der Waals surface area contributed by atoms with Crippen molar-refractivity contribution in [3.63, 3.8) is 0 Å². The number of allylic oxidation sites excluding steroid dienone is 1. The molecule has 0 spiro atoms. The standard InChI is InChI=1S/C12H18N2O2/c1-3-5-6-8-9-10(7-4-2)13-14-11(9)12(15)16/h4H,2-3,5-8H2,1H3,(H,13,14)(H,15,16). The zero-order valence-corrected chi connectivity index (χ0v) is 9.62.